The van der Waals surface area contributed by atoms with E-state index in [1.54, 1.807) is 12.1 Å². The SMILES string of the molecule is CCOc1cc(CN2CCC(n3nnc4cc(OC(=O)O)ccc43)CC2)cc2c1OC(C)(C)C=C2. The smallest absolute Gasteiger partial charge is 0.490 e. The molecule has 0 unspecified atom stereocenters. The second-order valence-corrected chi connectivity index (χ2v) is 9.54. The molecule has 35 heavy (non-hydrogen) atoms. The predicted molar refractivity (Wildman–Crippen MR) is 131 cm³/mol. The van der Waals surface area contributed by atoms with Gasteiger partial charge in [0.1, 0.15) is 16.9 Å². The highest BCUT2D eigenvalue weighted by molar-refractivity contribution is 5.77. The first kappa shape index (κ1) is 23.2. The Bertz CT molecular complexity index is 1270. The number of piperidine rings is 1. The van der Waals surface area contributed by atoms with Crippen molar-refractivity contribution in [3.63, 3.8) is 0 Å². The molecule has 1 saturated heterocycles. The van der Waals surface area contributed by atoms with Crippen molar-refractivity contribution in [1.82, 2.24) is 19.9 Å². The van der Waals surface area contributed by atoms with Crippen molar-refractivity contribution in [2.75, 3.05) is 19.7 Å². The van der Waals surface area contributed by atoms with Crippen LogP contribution in [0, 0.1) is 0 Å². The summed E-state index contributed by atoms with van der Waals surface area (Å²) in [7, 11) is 0. The van der Waals surface area contributed by atoms with E-state index in [0.717, 1.165) is 55.1 Å². The summed E-state index contributed by atoms with van der Waals surface area (Å²) in [6.45, 7) is 9.37. The lowest BCUT2D eigenvalue weighted by Crippen LogP contribution is -2.34. The van der Waals surface area contributed by atoms with Gasteiger partial charge in [0, 0.05) is 31.3 Å². The second kappa shape index (κ2) is 9.22. The molecule has 1 N–H and O–H groups in total. The summed E-state index contributed by atoms with van der Waals surface area (Å²) < 4.78 is 18.8. The van der Waals surface area contributed by atoms with Gasteiger partial charge in [0.25, 0.3) is 0 Å². The van der Waals surface area contributed by atoms with Crippen LogP contribution >= 0.6 is 0 Å². The zero-order valence-corrected chi connectivity index (χ0v) is 20.2. The molecule has 0 amide bonds. The van der Waals surface area contributed by atoms with E-state index in [1.807, 2.05) is 31.5 Å². The average molecular weight is 479 g/mol. The Kier molecular flexibility index (Phi) is 6.10. The van der Waals surface area contributed by atoms with Crippen molar-refractivity contribution >= 4 is 23.3 Å². The van der Waals surface area contributed by atoms with Crippen molar-refractivity contribution in [2.24, 2.45) is 0 Å². The van der Waals surface area contributed by atoms with Crippen molar-refractivity contribution in [2.45, 2.75) is 51.8 Å². The number of likely N-dealkylation sites (tertiary alicyclic amines) is 1. The van der Waals surface area contributed by atoms with Gasteiger partial charge < -0.3 is 19.3 Å². The van der Waals surface area contributed by atoms with Gasteiger partial charge in [0.15, 0.2) is 11.5 Å². The van der Waals surface area contributed by atoms with Gasteiger partial charge in [-0.05, 0) is 69.5 Å². The van der Waals surface area contributed by atoms with Gasteiger partial charge >= 0.3 is 6.16 Å². The van der Waals surface area contributed by atoms with E-state index in [2.05, 4.69) is 39.5 Å². The fraction of sp³-hybridized carbons (Fsp3) is 0.423. The van der Waals surface area contributed by atoms with E-state index in [1.165, 1.54) is 5.56 Å². The van der Waals surface area contributed by atoms with Crippen LogP contribution in [0.25, 0.3) is 17.1 Å². The number of hydrogen-bond acceptors (Lipinski definition) is 7. The van der Waals surface area contributed by atoms with Crippen LogP contribution in [0.15, 0.2) is 36.4 Å². The molecule has 0 saturated carbocycles. The Balaban J connectivity index is 1.27. The lowest BCUT2D eigenvalue weighted by Gasteiger charge is -2.33. The van der Waals surface area contributed by atoms with E-state index in [4.69, 9.17) is 19.3 Å². The van der Waals surface area contributed by atoms with E-state index in [9.17, 15) is 4.79 Å². The zero-order chi connectivity index (χ0) is 24.6. The summed E-state index contributed by atoms with van der Waals surface area (Å²) in [6.07, 6.45) is 4.77. The number of hydrogen-bond donors (Lipinski definition) is 1. The van der Waals surface area contributed by atoms with E-state index in [0.29, 0.717) is 12.1 Å². The van der Waals surface area contributed by atoms with Gasteiger partial charge in [-0.1, -0.05) is 11.3 Å². The number of carbonyl (C=O) groups is 1. The van der Waals surface area contributed by atoms with Crippen LogP contribution in [-0.4, -0.2) is 56.5 Å². The molecule has 2 aliphatic heterocycles. The van der Waals surface area contributed by atoms with E-state index < -0.39 is 6.16 Å². The molecule has 0 bridgehead atoms. The number of fused-ring (bicyclic) bond motifs is 2. The van der Waals surface area contributed by atoms with Crippen LogP contribution in [0.4, 0.5) is 4.79 Å². The minimum absolute atomic E-state index is 0.239. The van der Waals surface area contributed by atoms with Crippen LogP contribution in [0.3, 0.4) is 0 Å². The van der Waals surface area contributed by atoms with Crippen molar-refractivity contribution < 1.29 is 24.1 Å². The molecule has 1 aromatic heterocycles. The third kappa shape index (κ3) is 4.95. The van der Waals surface area contributed by atoms with Crippen LogP contribution in [-0.2, 0) is 6.54 Å². The fourth-order valence-corrected chi connectivity index (χ4v) is 4.79. The maximum Gasteiger partial charge on any atom is 0.511 e. The van der Waals surface area contributed by atoms with Gasteiger partial charge in [0.05, 0.1) is 18.2 Å². The number of nitrogens with zero attached hydrogens (tertiary/aromatic N) is 4. The van der Waals surface area contributed by atoms with Crippen molar-refractivity contribution in [3.8, 4) is 17.2 Å². The molecule has 2 aliphatic rings. The minimum Gasteiger partial charge on any atom is -0.490 e. The Morgan fingerprint density at radius 2 is 2.03 bits per heavy atom. The molecular formula is C26H30N4O5. The van der Waals surface area contributed by atoms with Gasteiger partial charge in [0.2, 0.25) is 0 Å². The second-order valence-electron chi connectivity index (χ2n) is 9.54. The summed E-state index contributed by atoms with van der Waals surface area (Å²) in [5.74, 6) is 1.86. The summed E-state index contributed by atoms with van der Waals surface area (Å²) in [6, 6.07) is 9.59. The molecule has 0 radical (unpaired) electrons. The molecule has 1 fully saturated rings. The van der Waals surface area contributed by atoms with Crippen LogP contribution in [0.2, 0.25) is 0 Å². The quantitative estimate of drug-likeness (QED) is 0.394. The number of rotatable bonds is 6. The maximum atomic E-state index is 10.8. The fourth-order valence-electron chi connectivity index (χ4n) is 4.79. The predicted octanol–water partition coefficient (Wildman–Crippen LogP) is 4.91. The topological polar surface area (TPSA) is 98.9 Å². The first-order valence-electron chi connectivity index (χ1n) is 12.0. The van der Waals surface area contributed by atoms with Crippen LogP contribution in [0.5, 0.6) is 17.2 Å². The highest BCUT2D eigenvalue weighted by Crippen LogP contribution is 2.40. The number of benzene rings is 2. The first-order chi connectivity index (χ1) is 16.8. The normalized spacial score (nSPS) is 17.7. The summed E-state index contributed by atoms with van der Waals surface area (Å²) in [5.41, 5.74) is 3.42. The van der Waals surface area contributed by atoms with E-state index in [-0.39, 0.29) is 17.4 Å². The molecule has 9 heteroatoms. The van der Waals surface area contributed by atoms with Gasteiger partial charge in [-0.25, -0.2) is 9.48 Å². The number of aromatic nitrogens is 3. The molecule has 0 atom stereocenters. The molecule has 5 rings (SSSR count). The lowest BCUT2D eigenvalue weighted by atomic mass is 9.99. The Hall–Kier alpha value is -3.59. The number of ether oxygens (including phenoxy) is 3. The maximum absolute atomic E-state index is 10.8. The first-order valence-corrected chi connectivity index (χ1v) is 12.0. The third-order valence-electron chi connectivity index (χ3n) is 6.43. The standard InChI is InChI=1S/C26H30N4O5/c1-4-33-23-14-17(13-18-7-10-26(2,3)35-24(18)23)16-29-11-8-19(9-12-29)30-22-6-5-20(34-25(31)32)15-21(22)27-28-30/h5-7,10,13-15,19H,4,8-9,11-12,16H2,1-3H3,(H,31,32). The Labute approximate surface area is 203 Å². The molecule has 3 heterocycles. The molecular weight excluding hydrogens is 448 g/mol. The van der Waals surface area contributed by atoms with Crippen LogP contribution in [0.1, 0.15) is 50.8 Å². The minimum atomic E-state index is -1.34. The molecule has 0 spiro atoms. The average Bonchev–Trinajstić information content (AvgIpc) is 3.23. The Morgan fingerprint density at radius 3 is 2.77 bits per heavy atom. The summed E-state index contributed by atoms with van der Waals surface area (Å²) in [5, 5.41) is 17.4. The molecule has 3 aromatic rings. The van der Waals surface area contributed by atoms with Crippen molar-refractivity contribution in [1.29, 1.82) is 0 Å². The summed E-state index contributed by atoms with van der Waals surface area (Å²) >= 11 is 0. The Morgan fingerprint density at radius 1 is 1.23 bits per heavy atom. The highest BCUT2D eigenvalue weighted by atomic mass is 16.7. The zero-order valence-electron chi connectivity index (χ0n) is 20.2. The molecule has 2 aromatic carbocycles. The van der Waals surface area contributed by atoms with Gasteiger partial charge in [-0.2, -0.15) is 0 Å². The molecule has 0 aliphatic carbocycles. The highest BCUT2D eigenvalue weighted by Gasteiger charge is 2.27. The van der Waals surface area contributed by atoms with Gasteiger partial charge in [-0.15, -0.1) is 5.10 Å². The monoisotopic (exact) mass is 478 g/mol. The van der Waals surface area contributed by atoms with Crippen LogP contribution < -0.4 is 14.2 Å². The van der Waals surface area contributed by atoms with E-state index >= 15 is 0 Å². The lowest BCUT2D eigenvalue weighted by molar-refractivity contribution is 0.144. The molecule has 184 valence electrons. The summed E-state index contributed by atoms with van der Waals surface area (Å²) in [4.78, 5) is 13.2. The number of carboxylic acid groups (broad SMARTS) is 1. The largest absolute Gasteiger partial charge is 0.511 e. The van der Waals surface area contributed by atoms with Crippen molar-refractivity contribution in [3.05, 3.63) is 47.5 Å². The van der Waals surface area contributed by atoms with Gasteiger partial charge in [-0.3, -0.25) is 4.90 Å². The molecule has 9 nitrogen and oxygen atoms in total. The third-order valence-corrected chi connectivity index (χ3v) is 6.43.